The topological polar surface area (TPSA) is 222 Å². The molecule has 7 heterocycles. The molecule has 4 aromatic heterocycles. The third-order valence-electron chi connectivity index (χ3n) is 17.6. The Labute approximate surface area is 501 Å². The predicted molar refractivity (Wildman–Crippen MR) is 336 cm³/mol. The molecule has 0 aliphatic carbocycles. The first kappa shape index (κ1) is 80.4. The number of H-pyrrole nitrogens is 4. The molecular formula is C64H128N12O6. The van der Waals surface area contributed by atoms with Gasteiger partial charge in [-0.15, -0.1) is 0 Å². The van der Waals surface area contributed by atoms with Gasteiger partial charge in [-0.3, -0.25) is 0 Å². The molecule has 15 atom stereocenters. The van der Waals surface area contributed by atoms with Crippen LogP contribution in [0, 0.1) is 64.6 Å². The number of ether oxygens (including phenoxy) is 6. The van der Waals surface area contributed by atoms with Crippen LogP contribution in [-0.4, -0.2) is 119 Å². The van der Waals surface area contributed by atoms with Gasteiger partial charge in [0.15, 0.2) is 18.9 Å². The van der Waals surface area contributed by atoms with Crippen LogP contribution in [0.4, 0.5) is 0 Å². The SMILES string of the molecule is CCC(C)C.CCC(CC)(CC)CC.CCCCO[C@H]1OC(CC)[C@@H](C)[C@H](C)C1C.CCCCO[C@H]1OC(CC)[C@@H](C)[C@H](C)C1C.CCCCO[C@H]1OC(CC)[C@@H](C)[C@H](C)C1C.c1cn[nH]n1.c1cn[nH]n1.c1cn[nH]n1.c1cn[nH]n1. The molecule has 18 heteroatoms. The van der Waals surface area contributed by atoms with Crippen LogP contribution >= 0.6 is 0 Å². The fraction of sp³-hybridized carbons (Fsp3) is 0.875. The van der Waals surface area contributed by atoms with Crippen molar-refractivity contribution in [3.63, 3.8) is 0 Å². The number of hydrogen-bond acceptors (Lipinski definition) is 14. The zero-order valence-electron chi connectivity index (χ0n) is 56.4. The summed E-state index contributed by atoms with van der Waals surface area (Å²) in [4.78, 5) is 0. The number of rotatable bonds is 20. The third-order valence-corrected chi connectivity index (χ3v) is 17.6. The second kappa shape index (κ2) is 51.7. The second-order valence-corrected chi connectivity index (χ2v) is 23.1. The molecule has 480 valence electrons. The maximum atomic E-state index is 6.05. The van der Waals surface area contributed by atoms with Gasteiger partial charge in [0.1, 0.15) is 0 Å². The molecule has 18 nitrogen and oxygen atoms in total. The minimum atomic E-state index is 0.0164. The number of nitrogens with one attached hydrogen (secondary N) is 4. The van der Waals surface area contributed by atoms with E-state index in [1.807, 2.05) is 0 Å². The van der Waals surface area contributed by atoms with E-state index in [1.165, 1.54) is 51.4 Å². The molecule has 7 rings (SSSR count). The largest absolute Gasteiger partial charge is 0.352 e. The van der Waals surface area contributed by atoms with E-state index in [-0.39, 0.29) is 18.9 Å². The van der Waals surface area contributed by atoms with Crippen LogP contribution in [0.2, 0.25) is 0 Å². The van der Waals surface area contributed by atoms with Gasteiger partial charge in [-0.1, -0.05) is 204 Å². The fourth-order valence-corrected chi connectivity index (χ4v) is 9.63. The quantitative estimate of drug-likeness (QED) is 0.0605. The number of unbranched alkanes of at least 4 members (excludes halogenated alkanes) is 3. The van der Waals surface area contributed by atoms with Crippen LogP contribution in [0.5, 0.6) is 0 Å². The van der Waals surface area contributed by atoms with E-state index in [1.54, 1.807) is 49.6 Å². The molecular weight excluding hydrogens is 1030 g/mol. The predicted octanol–water partition coefficient (Wildman–Crippen LogP) is 16.4. The molecule has 0 saturated carbocycles. The van der Waals surface area contributed by atoms with E-state index in [2.05, 4.69) is 214 Å². The summed E-state index contributed by atoms with van der Waals surface area (Å²) in [6.07, 6.45) is 30.7. The van der Waals surface area contributed by atoms with Gasteiger partial charge in [-0.2, -0.15) is 61.6 Å². The van der Waals surface area contributed by atoms with Crippen molar-refractivity contribution in [1.29, 1.82) is 0 Å². The van der Waals surface area contributed by atoms with Crippen LogP contribution in [0.3, 0.4) is 0 Å². The highest BCUT2D eigenvalue weighted by atomic mass is 16.7. The summed E-state index contributed by atoms with van der Waals surface area (Å²) < 4.78 is 35.8. The smallest absolute Gasteiger partial charge is 0.160 e. The summed E-state index contributed by atoms with van der Waals surface area (Å²) in [5.74, 6) is 6.40. The molecule has 3 saturated heterocycles. The van der Waals surface area contributed by atoms with E-state index in [4.69, 9.17) is 28.4 Å². The standard InChI is InChI=1S/3C14H28O2.C9H20.C5H12.4C2H3N3/c3*1-6-8-9-15-14-12(5)10(3)11(4)13(7-2)16-14;1-5-9(6-2,7-3)8-4;1-4-5(2)3;4*1-2-4-5-3-1/h3*10-14H,6-9H2,1-5H3;5-8H2,1-4H3;5H,4H2,1-3H3;4*1-2H,(H,3,4,5)/t3*10-,11-,12?,13?,14-;;;;;;/m000....../s1. The highest BCUT2D eigenvalue weighted by molar-refractivity contribution is 4.84. The lowest BCUT2D eigenvalue weighted by molar-refractivity contribution is -0.248. The van der Waals surface area contributed by atoms with Crippen LogP contribution in [-0.2, 0) is 28.4 Å². The average molecular weight is 1160 g/mol. The van der Waals surface area contributed by atoms with E-state index in [0.29, 0.717) is 77.0 Å². The van der Waals surface area contributed by atoms with Gasteiger partial charge in [0.05, 0.1) is 67.9 Å². The van der Waals surface area contributed by atoms with E-state index < -0.39 is 0 Å². The Kier molecular flexibility index (Phi) is 50.7. The number of aromatic nitrogens is 12. The molecule has 3 aliphatic heterocycles. The zero-order chi connectivity index (χ0) is 62.1. The van der Waals surface area contributed by atoms with Crippen molar-refractivity contribution >= 4 is 0 Å². The lowest BCUT2D eigenvalue weighted by Crippen LogP contribution is -2.45. The first-order chi connectivity index (χ1) is 39.4. The molecule has 0 aromatic carbocycles. The number of nitrogens with zero attached hydrogens (tertiary/aromatic N) is 8. The third kappa shape index (κ3) is 34.9. The lowest BCUT2D eigenvalue weighted by Gasteiger charge is -2.43. The van der Waals surface area contributed by atoms with Crippen LogP contribution in [0.1, 0.15) is 242 Å². The molecule has 0 bridgehead atoms. The van der Waals surface area contributed by atoms with Gasteiger partial charge in [-0.25, -0.2) is 0 Å². The first-order valence-corrected chi connectivity index (χ1v) is 32.4. The summed E-state index contributed by atoms with van der Waals surface area (Å²) in [7, 11) is 0. The summed E-state index contributed by atoms with van der Waals surface area (Å²) >= 11 is 0. The van der Waals surface area contributed by atoms with Crippen LogP contribution in [0.15, 0.2) is 49.6 Å². The van der Waals surface area contributed by atoms with Crippen molar-refractivity contribution in [1.82, 2.24) is 61.6 Å². The molecule has 3 fully saturated rings. The maximum absolute atomic E-state index is 6.05. The molecule has 4 N–H and O–H groups in total. The van der Waals surface area contributed by atoms with Crippen molar-refractivity contribution in [2.24, 2.45) is 64.6 Å². The van der Waals surface area contributed by atoms with Crippen LogP contribution < -0.4 is 0 Å². The van der Waals surface area contributed by atoms with Crippen LogP contribution in [0.25, 0.3) is 0 Å². The Hall–Kier alpha value is -3.68. The normalized spacial score (nSPS) is 27.2. The minimum Gasteiger partial charge on any atom is -0.352 e. The second-order valence-electron chi connectivity index (χ2n) is 23.1. The van der Waals surface area contributed by atoms with Crippen molar-refractivity contribution in [2.45, 2.75) is 279 Å². The molecule has 6 unspecified atom stereocenters. The summed E-state index contributed by atoms with van der Waals surface area (Å²) in [5, 5.41) is 37.3. The minimum absolute atomic E-state index is 0.0164. The Morgan fingerprint density at radius 2 is 0.561 bits per heavy atom. The summed E-state index contributed by atoms with van der Waals surface area (Å²) in [6.45, 7) is 52.2. The van der Waals surface area contributed by atoms with E-state index in [0.717, 1.165) is 64.3 Å². The van der Waals surface area contributed by atoms with Gasteiger partial charge >= 0.3 is 0 Å². The highest BCUT2D eigenvalue weighted by Crippen LogP contribution is 2.39. The van der Waals surface area contributed by atoms with Crippen molar-refractivity contribution in [3.8, 4) is 0 Å². The molecule has 3 aliphatic rings. The monoisotopic (exact) mass is 1160 g/mol. The molecule has 0 amide bonds. The fourth-order valence-electron chi connectivity index (χ4n) is 9.63. The average Bonchev–Trinajstić information content (AvgIpc) is 4.38. The first-order valence-electron chi connectivity index (χ1n) is 32.4. The van der Waals surface area contributed by atoms with Gasteiger partial charge < -0.3 is 28.4 Å². The number of hydrogen-bond donors (Lipinski definition) is 4. The van der Waals surface area contributed by atoms with Gasteiger partial charge in [-0.05, 0) is 85.4 Å². The van der Waals surface area contributed by atoms with Crippen molar-refractivity contribution in [3.05, 3.63) is 49.6 Å². The molecule has 4 aromatic rings. The summed E-state index contributed by atoms with van der Waals surface area (Å²) in [5.41, 5.74) is 0.667. The Balaban J connectivity index is 0. The Bertz CT molecular complexity index is 1500. The number of aromatic amines is 4. The maximum Gasteiger partial charge on any atom is 0.160 e. The van der Waals surface area contributed by atoms with Gasteiger partial charge in [0, 0.05) is 37.6 Å². The summed E-state index contributed by atoms with van der Waals surface area (Å²) in [6, 6.07) is 0. The lowest BCUT2D eigenvalue weighted by atomic mass is 9.78. The van der Waals surface area contributed by atoms with E-state index >= 15 is 0 Å². The molecule has 82 heavy (non-hydrogen) atoms. The molecule has 0 spiro atoms. The van der Waals surface area contributed by atoms with Crippen molar-refractivity contribution < 1.29 is 28.4 Å². The van der Waals surface area contributed by atoms with Gasteiger partial charge in [0.25, 0.3) is 0 Å². The Morgan fingerprint density at radius 3 is 0.683 bits per heavy atom. The zero-order valence-corrected chi connectivity index (χ0v) is 56.4. The Morgan fingerprint density at radius 1 is 0.354 bits per heavy atom. The van der Waals surface area contributed by atoms with Gasteiger partial charge in [0.2, 0.25) is 0 Å². The van der Waals surface area contributed by atoms with Crippen molar-refractivity contribution in [2.75, 3.05) is 19.8 Å². The molecule has 0 radical (unpaired) electrons. The van der Waals surface area contributed by atoms with E-state index in [9.17, 15) is 0 Å². The highest BCUT2D eigenvalue weighted by Gasteiger charge is 2.40.